The lowest BCUT2D eigenvalue weighted by Gasteiger charge is -2.53. The predicted molar refractivity (Wildman–Crippen MR) is 142 cm³/mol. The molecule has 35 heavy (non-hydrogen) atoms. The van der Waals surface area contributed by atoms with Crippen molar-refractivity contribution in [2.24, 2.45) is 0 Å². The molecule has 1 saturated heterocycles. The maximum atomic E-state index is 12.7. The van der Waals surface area contributed by atoms with E-state index in [-0.39, 0.29) is 44.7 Å². The molecule has 1 amide bonds. The van der Waals surface area contributed by atoms with Gasteiger partial charge in [-0.3, -0.25) is 15.1 Å². The minimum absolute atomic E-state index is 0.00991. The van der Waals surface area contributed by atoms with Crippen molar-refractivity contribution in [1.82, 2.24) is 14.9 Å². The number of nitrogens with zero attached hydrogens (tertiary/aromatic N) is 2. The van der Waals surface area contributed by atoms with Crippen molar-refractivity contribution in [3.63, 3.8) is 0 Å². The van der Waals surface area contributed by atoms with Gasteiger partial charge in [-0.1, -0.05) is 46.4 Å². The van der Waals surface area contributed by atoms with Crippen molar-refractivity contribution >= 4 is 75.5 Å². The standard InChI is InChI=1S/C22H28Cl6N4O3/c1-18(2)8-10(9-19(3,4)31(18)5)29-7-6-11(33)30-32-16(34)12-13(17(32)35)21(26)15(24)14(23)20(12,25)22(21,27)28/h10,29,34-35H,6-9H2,1-5H3,(H,30,33). The Bertz CT molecular complexity index is 1060. The number of hydrogen-bond donors (Lipinski definition) is 4. The number of rotatable bonds is 5. The van der Waals surface area contributed by atoms with Gasteiger partial charge in [0.2, 0.25) is 17.7 Å². The van der Waals surface area contributed by atoms with Crippen LogP contribution in [-0.2, 0) is 14.5 Å². The maximum absolute atomic E-state index is 12.7. The van der Waals surface area contributed by atoms with Crippen molar-refractivity contribution in [3.05, 3.63) is 21.2 Å². The first-order valence-electron chi connectivity index (χ1n) is 11.1. The largest absolute Gasteiger partial charge is 0.493 e. The average molecular weight is 609 g/mol. The third-order valence-electron chi connectivity index (χ3n) is 7.80. The summed E-state index contributed by atoms with van der Waals surface area (Å²) in [6, 6.07) is 0.236. The smallest absolute Gasteiger partial charge is 0.240 e. The molecule has 1 aromatic heterocycles. The van der Waals surface area contributed by atoms with E-state index in [1.165, 1.54) is 0 Å². The highest BCUT2D eigenvalue weighted by molar-refractivity contribution is 6.65. The number of piperidine rings is 1. The van der Waals surface area contributed by atoms with Gasteiger partial charge < -0.3 is 15.5 Å². The number of aromatic nitrogens is 1. The molecule has 4 N–H and O–H groups in total. The zero-order valence-electron chi connectivity index (χ0n) is 19.9. The third-order valence-corrected chi connectivity index (χ3v) is 11.9. The van der Waals surface area contributed by atoms with Gasteiger partial charge in [-0.25, -0.2) is 0 Å². The lowest BCUT2D eigenvalue weighted by molar-refractivity contribution is -0.117. The van der Waals surface area contributed by atoms with Gasteiger partial charge >= 0.3 is 0 Å². The van der Waals surface area contributed by atoms with Crippen molar-refractivity contribution in [2.45, 2.75) is 78.2 Å². The van der Waals surface area contributed by atoms with Gasteiger partial charge in [0.15, 0.2) is 4.33 Å². The highest BCUT2D eigenvalue weighted by atomic mass is 35.5. The van der Waals surface area contributed by atoms with Gasteiger partial charge in [0, 0.05) is 30.1 Å². The van der Waals surface area contributed by atoms with Crippen LogP contribution >= 0.6 is 69.6 Å². The summed E-state index contributed by atoms with van der Waals surface area (Å²) in [6.07, 6.45) is 1.95. The Morgan fingerprint density at radius 2 is 1.37 bits per heavy atom. The van der Waals surface area contributed by atoms with Crippen molar-refractivity contribution in [2.75, 3.05) is 19.0 Å². The molecule has 2 bridgehead atoms. The summed E-state index contributed by atoms with van der Waals surface area (Å²) in [7, 11) is 2.13. The topological polar surface area (TPSA) is 89.8 Å². The first kappa shape index (κ1) is 27.8. The molecule has 0 aromatic carbocycles. The fourth-order valence-corrected chi connectivity index (χ4v) is 8.42. The Morgan fingerprint density at radius 3 is 1.80 bits per heavy atom. The van der Waals surface area contributed by atoms with Gasteiger partial charge in [-0.2, -0.15) is 4.68 Å². The first-order chi connectivity index (χ1) is 15.9. The van der Waals surface area contributed by atoms with Crippen molar-refractivity contribution in [3.8, 4) is 11.8 Å². The zero-order chi connectivity index (χ0) is 26.5. The monoisotopic (exact) mass is 606 g/mol. The van der Waals surface area contributed by atoms with E-state index in [1.54, 1.807) is 0 Å². The molecule has 3 aliphatic rings. The summed E-state index contributed by atoms with van der Waals surface area (Å²) in [5, 5.41) is 24.9. The lowest BCUT2D eigenvalue weighted by atomic mass is 9.77. The number of carbonyl (C=O) groups excluding carboxylic acids is 1. The molecule has 2 aliphatic carbocycles. The number of nitrogens with one attached hydrogen (secondary N) is 2. The van der Waals surface area contributed by atoms with E-state index in [9.17, 15) is 15.0 Å². The molecule has 1 aliphatic heterocycles. The summed E-state index contributed by atoms with van der Waals surface area (Å²) in [5.74, 6) is -1.65. The van der Waals surface area contributed by atoms with E-state index < -0.39 is 31.7 Å². The summed E-state index contributed by atoms with van der Waals surface area (Å²) < 4.78 is -1.22. The highest BCUT2D eigenvalue weighted by Gasteiger charge is 2.80. The van der Waals surface area contributed by atoms with E-state index in [0.29, 0.717) is 6.54 Å². The first-order valence-corrected chi connectivity index (χ1v) is 13.4. The number of halogens is 6. The Hall–Kier alpha value is -0.250. The van der Waals surface area contributed by atoms with E-state index in [1.807, 2.05) is 0 Å². The number of carbonyl (C=O) groups is 1. The van der Waals surface area contributed by atoms with Crippen LogP contribution in [0.15, 0.2) is 10.1 Å². The van der Waals surface area contributed by atoms with Gasteiger partial charge in [0.25, 0.3) is 0 Å². The van der Waals surface area contributed by atoms with Gasteiger partial charge in [-0.15, -0.1) is 23.2 Å². The van der Waals surface area contributed by atoms with E-state index in [0.717, 1.165) is 17.5 Å². The van der Waals surface area contributed by atoms with Crippen LogP contribution in [0.3, 0.4) is 0 Å². The molecule has 0 radical (unpaired) electrons. The molecule has 1 aromatic rings. The molecule has 196 valence electrons. The molecular weight excluding hydrogens is 581 g/mol. The van der Waals surface area contributed by atoms with Gasteiger partial charge in [-0.05, 0) is 47.6 Å². The Kier molecular flexibility index (Phi) is 6.65. The Morgan fingerprint density at radius 1 is 0.943 bits per heavy atom. The number of likely N-dealkylation sites (tertiary alicyclic amines) is 1. The lowest BCUT2D eigenvalue weighted by Crippen LogP contribution is -2.62. The molecular formula is C22H28Cl6N4O3. The van der Waals surface area contributed by atoms with E-state index in [4.69, 9.17) is 69.6 Å². The van der Waals surface area contributed by atoms with Gasteiger partial charge in [0.05, 0.1) is 21.2 Å². The van der Waals surface area contributed by atoms with E-state index in [2.05, 4.69) is 50.4 Å². The molecule has 1 fully saturated rings. The minimum Gasteiger partial charge on any atom is -0.493 e. The molecule has 7 nitrogen and oxygen atoms in total. The van der Waals surface area contributed by atoms with Crippen LogP contribution in [0, 0.1) is 0 Å². The summed E-state index contributed by atoms with van der Waals surface area (Å²) in [6.45, 7) is 9.22. The Labute approximate surface area is 234 Å². The second-order valence-electron chi connectivity index (χ2n) is 10.8. The highest BCUT2D eigenvalue weighted by Crippen LogP contribution is 2.80. The van der Waals surface area contributed by atoms with Crippen LogP contribution in [0.5, 0.6) is 11.8 Å². The number of aromatic hydroxyl groups is 2. The fourth-order valence-electron chi connectivity index (χ4n) is 5.74. The summed E-state index contributed by atoms with van der Waals surface area (Å²) in [4.78, 5) is 11.2. The number of fused-ring (bicyclic) bond motifs is 5. The van der Waals surface area contributed by atoms with Crippen molar-refractivity contribution in [1.29, 1.82) is 0 Å². The van der Waals surface area contributed by atoms with Crippen LogP contribution in [0.1, 0.15) is 58.1 Å². The van der Waals surface area contributed by atoms with E-state index >= 15 is 0 Å². The van der Waals surface area contributed by atoms with Gasteiger partial charge in [0.1, 0.15) is 9.75 Å². The molecule has 0 saturated carbocycles. The van der Waals surface area contributed by atoms with Crippen LogP contribution in [0.25, 0.3) is 0 Å². The predicted octanol–water partition coefficient (Wildman–Crippen LogP) is 5.36. The third kappa shape index (κ3) is 3.56. The molecule has 0 spiro atoms. The summed E-state index contributed by atoms with van der Waals surface area (Å²) in [5.41, 5.74) is 2.27. The molecule has 2 atom stereocenters. The number of amides is 1. The molecule has 13 heteroatoms. The quantitative estimate of drug-likeness (QED) is 0.338. The summed E-state index contributed by atoms with van der Waals surface area (Å²) >= 11 is 38.9. The van der Waals surface area contributed by atoms with Crippen LogP contribution in [0.2, 0.25) is 0 Å². The Balaban J connectivity index is 1.48. The number of alkyl halides is 4. The number of hydrogen-bond acceptors (Lipinski definition) is 5. The minimum atomic E-state index is -2.00. The second kappa shape index (κ2) is 8.37. The molecule has 2 unspecified atom stereocenters. The van der Waals surface area contributed by atoms with Crippen LogP contribution < -0.4 is 10.7 Å². The second-order valence-corrected chi connectivity index (χ2v) is 14.0. The normalized spacial score (nSPS) is 31.2. The molecule has 4 rings (SSSR count). The molecule has 2 heterocycles. The van der Waals surface area contributed by atoms with Crippen LogP contribution in [-0.4, -0.2) is 60.7 Å². The number of allylic oxidation sites excluding steroid dienone is 2. The van der Waals surface area contributed by atoms with Crippen LogP contribution in [0.4, 0.5) is 0 Å². The zero-order valence-corrected chi connectivity index (χ0v) is 24.4. The fraction of sp³-hybridized carbons (Fsp3) is 0.682. The van der Waals surface area contributed by atoms with Crippen molar-refractivity contribution < 1.29 is 15.0 Å². The SMILES string of the molecule is CN1C(C)(C)CC(NCCC(=O)Nn2c(O)c3c(c2O)C2(Cl)C(Cl)=C(Cl)C3(Cl)C2(Cl)Cl)CC1(C)C. The average Bonchev–Trinajstić information content (AvgIpc) is 3.10. The maximum Gasteiger partial charge on any atom is 0.240 e.